The molecule has 0 fully saturated rings. The summed E-state index contributed by atoms with van der Waals surface area (Å²) in [6.45, 7) is 1.16. The van der Waals surface area contributed by atoms with Gasteiger partial charge in [-0.15, -0.1) is 12.4 Å². The topological polar surface area (TPSA) is 76.9 Å². The molecule has 0 unspecified atom stereocenters. The summed E-state index contributed by atoms with van der Waals surface area (Å²) in [5.74, 6) is 0.762. The van der Waals surface area contributed by atoms with Crippen LogP contribution in [0.5, 0.6) is 5.75 Å². The van der Waals surface area contributed by atoms with Gasteiger partial charge in [-0.05, 0) is 17.2 Å². The van der Waals surface area contributed by atoms with Crippen LogP contribution in [0.2, 0.25) is 0 Å². The van der Waals surface area contributed by atoms with Crippen molar-refractivity contribution in [1.29, 1.82) is 5.26 Å². The van der Waals surface area contributed by atoms with Gasteiger partial charge in [0.05, 0.1) is 12.3 Å². The summed E-state index contributed by atoms with van der Waals surface area (Å²) in [4.78, 5) is 0. The standard InChI is InChI=1S/C19H18N4O.ClH/c20-8-9-23-13-17(12-22-23)18-7-6-16(11-21)10-19(18)24-14-15-4-2-1-3-5-15;/h1-7,10,12-13H,9,11,14,21H2;1H. The molecular weight excluding hydrogens is 336 g/mol. The molecule has 6 heteroatoms. The van der Waals surface area contributed by atoms with Gasteiger partial charge in [0.25, 0.3) is 0 Å². The number of rotatable bonds is 6. The second kappa shape index (κ2) is 8.88. The lowest BCUT2D eigenvalue weighted by atomic mass is 10.1. The summed E-state index contributed by atoms with van der Waals surface area (Å²) in [5, 5.41) is 13.0. The Bertz CT molecular complexity index is 855. The molecule has 5 nitrogen and oxygen atoms in total. The van der Waals surface area contributed by atoms with Crippen LogP contribution in [0, 0.1) is 11.3 Å². The Balaban J connectivity index is 0.00000225. The summed E-state index contributed by atoms with van der Waals surface area (Å²) >= 11 is 0. The maximum atomic E-state index is 8.78. The third-order valence-electron chi connectivity index (χ3n) is 3.70. The fourth-order valence-electron chi connectivity index (χ4n) is 2.45. The zero-order valence-corrected chi connectivity index (χ0v) is 14.4. The molecule has 2 N–H and O–H groups in total. The summed E-state index contributed by atoms with van der Waals surface area (Å²) in [6.07, 6.45) is 3.58. The van der Waals surface area contributed by atoms with Gasteiger partial charge in [0.2, 0.25) is 0 Å². The van der Waals surface area contributed by atoms with Crippen LogP contribution in [0.1, 0.15) is 11.1 Å². The molecule has 0 saturated heterocycles. The fourth-order valence-corrected chi connectivity index (χ4v) is 2.45. The monoisotopic (exact) mass is 354 g/mol. The molecule has 0 saturated carbocycles. The van der Waals surface area contributed by atoms with E-state index in [0.717, 1.165) is 28.0 Å². The molecule has 1 heterocycles. The lowest BCUT2D eigenvalue weighted by Gasteiger charge is -2.12. The van der Waals surface area contributed by atoms with Crippen molar-refractivity contribution in [1.82, 2.24) is 9.78 Å². The quantitative estimate of drug-likeness (QED) is 0.734. The second-order valence-corrected chi connectivity index (χ2v) is 5.39. The highest BCUT2D eigenvalue weighted by atomic mass is 35.5. The molecule has 3 rings (SSSR count). The second-order valence-electron chi connectivity index (χ2n) is 5.39. The average molecular weight is 355 g/mol. The fraction of sp³-hybridized carbons (Fsp3) is 0.158. The molecule has 0 aliphatic rings. The number of halogens is 1. The van der Waals surface area contributed by atoms with Gasteiger partial charge in [0.1, 0.15) is 18.9 Å². The van der Waals surface area contributed by atoms with E-state index in [9.17, 15) is 0 Å². The molecular formula is C19H19ClN4O. The largest absolute Gasteiger partial charge is 0.488 e. The van der Waals surface area contributed by atoms with Gasteiger partial charge < -0.3 is 10.5 Å². The summed E-state index contributed by atoms with van der Waals surface area (Å²) in [7, 11) is 0. The molecule has 1 aromatic heterocycles. The van der Waals surface area contributed by atoms with Gasteiger partial charge in [-0.2, -0.15) is 10.4 Å². The number of benzene rings is 2. The lowest BCUT2D eigenvalue weighted by molar-refractivity contribution is 0.307. The first-order valence-electron chi connectivity index (χ1n) is 7.69. The molecule has 0 aliphatic carbocycles. The number of nitrogens with zero attached hydrogens (tertiary/aromatic N) is 3. The van der Waals surface area contributed by atoms with Gasteiger partial charge in [-0.3, -0.25) is 4.68 Å². The molecule has 3 aromatic rings. The van der Waals surface area contributed by atoms with Gasteiger partial charge in [-0.1, -0.05) is 42.5 Å². The number of aromatic nitrogens is 2. The van der Waals surface area contributed by atoms with Crippen LogP contribution in [0.3, 0.4) is 0 Å². The van der Waals surface area contributed by atoms with Crippen molar-refractivity contribution in [3.05, 3.63) is 72.1 Å². The van der Waals surface area contributed by atoms with E-state index in [1.165, 1.54) is 0 Å². The number of hydrogen-bond donors (Lipinski definition) is 1. The van der Waals surface area contributed by atoms with E-state index in [-0.39, 0.29) is 19.0 Å². The van der Waals surface area contributed by atoms with E-state index in [1.807, 2.05) is 54.7 Å². The van der Waals surface area contributed by atoms with E-state index in [4.69, 9.17) is 15.7 Å². The SMILES string of the molecule is Cl.N#CCn1cc(-c2ccc(CN)cc2OCc2ccccc2)cn1. The zero-order valence-electron chi connectivity index (χ0n) is 13.6. The minimum atomic E-state index is 0. The van der Waals surface area contributed by atoms with E-state index >= 15 is 0 Å². The highest BCUT2D eigenvalue weighted by molar-refractivity contribution is 5.85. The van der Waals surface area contributed by atoms with Crippen molar-refractivity contribution in [3.8, 4) is 22.9 Å². The van der Waals surface area contributed by atoms with Crippen LogP contribution in [0.25, 0.3) is 11.1 Å². The minimum absolute atomic E-state index is 0. The minimum Gasteiger partial charge on any atom is -0.488 e. The van der Waals surface area contributed by atoms with Crippen LogP contribution < -0.4 is 10.5 Å². The van der Waals surface area contributed by atoms with Crippen molar-refractivity contribution in [3.63, 3.8) is 0 Å². The third kappa shape index (κ3) is 4.60. The van der Waals surface area contributed by atoms with Crippen molar-refractivity contribution in [2.75, 3.05) is 0 Å². The molecule has 0 aliphatic heterocycles. The first-order valence-corrected chi connectivity index (χ1v) is 7.69. The zero-order chi connectivity index (χ0) is 16.8. The van der Waals surface area contributed by atoms with Crippen molar-refractivity contribution < 1.29 is 4.74 Å². The summed E-state index contributed by atoms with van der Waals surface area (Å²) in [6, 6.07) is 18.0. The van der Waals surface area contributed by atoms with Crippen molar-refractivity contribution >= 4 is 12.4 Å². The summed E-state index contributed by atoms with van der Waals surface area (Å²) < 4.78 is 7.64. The normalized spacial score (nSPS) is 9.92. The van der Waals surface area contributed by atoms with Gasteiger partial charge in [-0.25, -0.2) is 0 Å². The van der Waals surface area contributed by atoms with E-state index in [2.05, 4.69) is 11.2 Å². The van der Waals surface area contributed by atoms with Crippen molar-refractivity contribution in [2.24, 2.45) is 5.73 Å². The molecule has 0 radical (unpaired) electrons. The Hall–Kier alpha value is -2.81. The molecule has 0 amide bonds. The molecule has 128 valence electrons. The van der Waals surface area contributed by atoms with Gasteiger partial charge in [0.15, 0.2) is 0 Å². The first kappa shape index (κ1) is 18.5. The van der Waals surface area contributed by atoms with Crippen LogP contribution in [0.15, 0.2) is 60.9 Å². The predicted octanol–water partition coefficient (Wildman–Crippen LogP) is 3.53. The Morgan fingerprint density at radius 1 is 1.12 bits per heavy atom. The molecule has 0 bridgehead atoms. The third-order valence-corrected chi connectivity index (χ3v) is 3.70. The number of nitriles is 1. The van der Waals surface area contributed by atoms with E-state index < -0.39 is 0 Å². The highest BCUT2D eigenvalue weighted by Gasteiger charge is 2.10. The molecule has 2 aromatic carbocycles. The molecule has 25 heavy (non-hydrogen) atoms. The lowest BCUT2D eigenvalue weighted by Crippen LogP contribution is -2.00. The maximum absolute atomic E-state index is 8.78. The Morgan fingerprint density at radius 2 is 1.92 bits per heavy atom. The maximum Gasteiger partial charge on any atom is 0.128 e. The van der Waals surface area contributed by atoms with Gasteiger partial charge in [0, 0.05) is 23.9 Å². The highest BCUT2D eigenvalue weighted by Crippen LogP contribution is 2.31. The average Bonchev–Trinajstić information content (AvgIpc) is 3.09. The molecule has 0 spiro atoms. The number of nitrogens with two attached hydrogens (primary N) is 1. The summed E-state index contributed by atoms with van der Waals surface area (Å²) in [5.41, 5.74) is 9.71. The molecule has 0 atom stereocenters. The van der Waals surface area contributed by atoms with Crippen LogP contribution in [0.4, 0.5) is 0 Å². The van der Waals surface area contributed by atoms with E-state index in [0.29, 0.717) is 13.2 Å². The number of hydrogen-bond acceptors (Lipinski definition) is 4. The van der Waals surface area contributed by atoms with Crippen LogP contribution in [-0.2, 0) is 19.7 Å². The number of ether oxygens (including phenoxy) is 1. The Labute approximate surface area is 153 Å². The van der Waals surface area contributed by atoms with Crippen LogP contribution >= 0.6 is 12.4 Å². The Kier molecular flexibility index (Phi) is 6.58. The van der Waals surface area contributed by atoms with E-state index in [1.54, 1.807) is 10.9 Å². The van der Waals surface area contributed by atoms with Crippen molar-refractivity contribution in [2.45, 2.75) is 19.7 Å². The van der Waals surface area contributed by atoms with Crippen LogP contribution in [-0.4, -0.2) is 9.78 Å². The predicted molar refractivity (Wildman–Crippen MR) is 99.2 cm³/mol. The first-order chi connectivity index (χ1) is 11.8. The smallest absolute Gasteiger partial charge is 0.128 e. The Morgan fingerprint density at radius 3 is 2.64 bits per heavy atom. The van der Waals surface area contributed by atoms with Gasteiger partial charge >= 0.3 is 0 Å².